The third kappa shape index (κ3) is 4.83. The Morgan fingerprint density at radius 3 is 2.12 bits per heavy atom. The van der Waals surface area contributed by atoms with E-state index >= 15 is 0 Å². The number of rotatable bonds is 4. The fourth-order valence-corrected chi connectivity index (χ4v) is 2.01. The fourth-order valence-electron chi connectivity index (χ4n) is 2.01. The molecule has 10 heteroatoms. The Morgan fingerprint density at radius 1 is 1.04 bits per heavy atom. The number of hydrogen-bond donors (Lipinski definition) is 3. The molecule has 0 unspecified atom stereocenters. The van der Waals surface area contributed by atoms with E-state index in [2.05, 4.69) is 10.6 Å². The van der Waals surface area contributed by atoms with Crippen LogP contribution in [0.5, 0.6) is 0 Å². The van der Waals surface area contributed by atoms with Crippen LogP contribution in [0.25, 0.3) is 0 Å². The van der Waals surface area contributed by atoms with E-state index < -0.39 is 35.8 Å². The third-order valence-electron chi connectivity index (χ3n) is 3.08. The molecular formula is C15H13F3N4O3. The van der Waals surface area contributed by atoms with E-state index in [9.17, 15) is 27.6 Å². The Labute approximate surface area is 139 Å². The molecule has 0 aliphatic rings. The van der Waals surface area contributed by atoms with Gasteiger partial charge in [0.1, 0.15) is 12.1 Å². The minimum absolute atomic E-state index is 0.333. The van der Waals surface area contributed by atoms with Crippen LogP contribution in [0.1, 0.15) is 5.56 Å². The molecular weight excluding hydrogens is 341 g/mol. The third-order valence-corrected chi connectivity index (χ3v) is 3.08. The zero-order valence-corrected chi connectivity index (χ0v) is 12.6. The highest BCUT2D eigenvalue weighted by molar-refractivity contribution is 5.91. The van der Waals surface area contributed by atoms with E-state index in [-0.39, 0.29) is 0 Å². The minimum Gasteiger partial charge on any atom is -0.351 e. The van der Waals surface area contributed by atoms with Gasteiger partial charge in [0.15, 0.2) is 0 Å². The van der Waals surface area contributed by atoms with Gasteiger partial charge in [-0.05, 0) is 36.4 Å². The molecule has 0 saturated heterocycles. The first-order valence-electron chi connectivity index (χ1n) is 6.90. The zero-order chi connectivity index (χ0) is 18.6. The number of urea groups is 1. The van der Waals surface area contributed by atoms with E-state index in [1.807, 2.05) is 0 Å². The molecule has 1 heterocycles. The first kappa shape index (κ1) is 18.0. The van der Waals surface area contributed by atoms with Crippen LogP contribution in [0.2, 0.25) is 0 Å². The highest BCUT2D eigenvalue weighted by atomic mass is 19.4. The van der Waals surface area contributed by atoms with Crippen molar-refractivity contribution in [2.75, 3.05) is 10.6 Å². The van der Waals surface area contributed by atoms with Crippen LogP contribution >= 0.6 is 0 Å². The quantitative estimate of drug-likeness (QED) is 0.782. The average molecular weight is 354 g/mol. The normalized spacial score (nSPS) is 11.0. The minimum atomic E-state index is -4.79. The van der Waals surface area contributed by atoms with Gasteiger partial charge in [0.25, 0.3) is 5.56 Å². The molecule has 0 atom stereocenters. The molecule has 0 aliphatic heterocycles. The van der Waals surface area contributed by atoms with Gasteiger partial charge in [-0.2, -0.15) is 13.2 Å². The van der Waals surface area contributed by atoms with Crippen LogP contribution in [-0.2, 0) is 17.5 Å². The number of nitrogens with two attached hydrogens (primary N) is 1. The van der Waals surface area contributed by atoms with Crippen LogP contribution < -0.4 is 21.9 Å². The van der Waals surface area contributed by atoms with E-state index in [0.717, 1.165) is 12.3 Å². The monoisotopic (exact) mass is 354 g/mol. The number of nitrogens with zero attached hydrogens (tertiary/aromatic N) is 1. The maximum absolute atomic E-state index is 12.7. The highest BCUT2D eigenvalue weighted by Crippen LogP contribution is 2.25. The maximum Gasteiger partial charge on any atom is 0.421 e. The molecule has 25 heavy (non-hydrogen) atoms. The molecule has 2 rings (SSSR count). The summed E-state index contributed by atoms with van der Waals surface area (Å²) < 4.78 is 38.7. The van der Waals surface area contributed by atoms with Gasteiger partial charge in [-0.25, -0.2) is 4.79 Å². The Kier molecular flexibility index (Phi) is 5.11. The van der Waals surface area contributed by atoms with Crippen molar-refractivity contribution in [3.8, 4) is 0 Å². The van der Waals surface area contributed by atoms with E-state index in [1.165, 1.54) is 24.3 Å². The summed E-state index contributed by atoms with van der Waals surface area (Å²) in [6.45, 7) is -0.579. The number of amides is 3. The summed E-state index contributed by atoms with van der Waals surface area (Å²) in [5, 5.41) is 4.76. The predicted octanol–water partition coefficient (Wildman–Crippen LogP) is 2.00. The molecule has 0 aliphatic carbocycles. The van der Waals surface area contributed by atoms with Crippen LogP contribution in [0, 0.1) is 0 Å². The van der Waals surface area contributed by atoms with Gasteiger partial charge in [-0.3, -0.25) is 9.59 Å². The predicted molar refractivity (Wildman–Crippen MR) is 84.0 cm³/mol. The number of halogens is 3. The lowest BCUT2D eigenvalue weighted by molar-refractivity contribution is -0.139. The first-order chi connectivity index (χ1) is 11.7. The number of benzene rings is 1. The lowest BCUT2D eigenvalue weighted by Gasteiger charge is -2.11. The van der Waals surface area contributed by atoms with Crippen molar-refractivity contribution in [1.29, 1.82) is 0 Å². The van der Waals surface area contributed by atoms with E-state index in [1.54, 1.807) is 0 Å². The molecule has 0 bridgehead atoms. The van der Waals surface area contributed by atoms with Gasteiger partial charge in [-0.15, -0.1) is 0 Å². The van der Waals surface area contributed by atoms with Gasteiger partial charge in [0.2, 0.25) is 5.91 Å². The van der Waals surface area contributed by atoms with Crippen molar-refractivity contribution in [2.24, 2.45) is 5.73 Å². The average Bonchev–Trinajstić information content (AvgIpc) is 2.49. The molecule has 0 fully saturated rings. The van der Waals surface area contributed by atoms with Gasteiger partial charge in [0, 0.05) is 17.6 Å². The number of carbonyl (C=O) groups excluding carboxylic acids is 2. The Balaban J connectivity index is 2.08. The molecule has 0 saturated carbocycles. The number of carbonyl (C=O) groups is 2. The molecule has 0 spiro atoms. The number of nitrogens with one attached hydrogen (secondary N) is 2. The number of pyridine rings is 1. The topological polar surface area (TPSA) is 106 Å². The summed E-state index contributed by atoms with van der Waals surface area (Å²) >= 11 is 0. The van der Waals surface area contributed by atoms with Crippen LogP contribution in [0.3, 0.4) is 0 Å². The molecule has 7 nitrogen and oxygen atoms in total. The van der Waals surface area contributed by atoms with Gasteiger partial charge in [-0.1, -0.05) is 0 Å². The fraction of sp³-hybridized carbons (Fsp3) is 0.133. The largest absolute Gasteiger partial charge is 0.421 e. The van der Waals surface area contributed by atoms with Crippen molar-refractivity contribution >= 4 is 23.3 Å². The number of hydrogen-bond acceptors (Lipinski definition) is 3. The number of primary amides is 1. The van der Waals surface area contributed by atoms with Crippen molar-refractivity contribution < 1.29 is 22.8 Å². The number of alkyl halides is 3. The Bertz CT molecular complexity index is 844. The summed E-state index contributed by atoms with van der Waals surface area (Å²) in [5.74, 6) is -0.683. The Hall–Kier alpha value is -3.30. The standard InChI is InChI=1S/C15H13F3N4O3/c16-15(17,18)11-2-1-7-22(13(11)24)8-12(23)20-9-3-5-10(6-4-9)21-14(19)25/h1-7H,8H2,(H,20,23)(H3,19,21,25). The lowest BCUT2D eigenvalue weighted by atomic mass is 10.2. The smallest absolute Gasteiger partial charge is 0.351 e. The maximum atomic E-state index is 12.7. The van der Waals surface area contributed by atoms with Crippen LogP contribution in [0.4, 0.5) is 29.3 Å². The number of anilines is 2. The number of aromatic nitrogens is 1. The van der Waals surface area contributed by atoms with E-state index in [4.69, 9.17) is 5.73 Å². The van der Waals surface area contributed by atoms with Crippen molar-refractivity contribution in [3.63, 3.8) is 0 Å². The highest BCUT2D eigenvalue weighted by Gasteiger charge is 2.34. The summed E-state index contributed by atoms with van der Waals surface area (Å²) in [7, 11) is 0. The van der Waals surface area contributed by atoms with Crippen molar-refractivity contribution in [2.45, 2.75) is 12.7 Å². The summed E-state index contributed by atoms with van der Waals surface area (Å²) in [6.07, 6.45) is -3.70. The summed E-state index contributed by atoms with van der Waals surface area (Å²) in [4.78, 5) is 34.4. The second-order valence-corrected chi connectivity index (χ2v) is 4.97. The molecule has 0 radical (unpaired) electrons. The zero-order valence-electron chi connectivity index (χ0n) is 12.6. The second kappa shape index (κ2) is 7.07. The molecule has 132 valence electrons. The lowest BCUT2D eigenvalue weighted by Crippen LogP contribution is -2.31. The van der Waals surface area contributed by atoms with Crippen molar-refractivity contribution in [1.82, 2.24) is 4.57 Å². The molecule has 4 N–H and O–H groups in total. The molecule has 1 aromatic carbocycles. The van der Waals surface area contributed by atoms with Gasteiger partial charge < -0.3 is 20.9 Å². The SMILES string of the molecule is NC(=O)Nc1ccc(NC(=O)Cn2cccc(C(F)(F)F)c2=O)cc1. The van der Waals surface area contributed by atoms with Gasteiger partial charge >= 0.3 is 12.2 Å². The molecule has 1 aromatic heterocycles. The van der Waals surface area contributed by atoms with Crippen LogP contribution in [-0.4, -0.2) is 16.5 Å². The summed E-state index contributed by atoms with van der Waals surface area (Å²) in [5.41, 5.74) is 3.05. The molecule has 3 amide bonds. The van der Waals surface area contributed by atoms with Crippen molar-refractivity contribution in [3.05, 3.63) is 58.5 Å². The first-order valence-corrected chi connectivity index (χ1v) is 6.90. The van der Waals surface area contributed by atoms with Crippen LogP contribution in [0.15, 0.2) is 47.4 Å². The Morgan fingerprint density at radius 2 is 1.60 bits per heavy atom. The van der Waals surface area contributed by atoms with E-state index in [0.29, 0.717) is 22.0 Å². The summed E-state index contributed by atoms with van der Waals surface area (Å²) in [6, 6.07) is 6.80. The second-order valence-electron chi connectivity index (χ2n) is 4.97. The van der Waals surface area contributed by atoms with Gasteiger partial charge in [0.05, 0.1) is 0 Å². The molecule has 2 aromatic rings.